The highest BCUT2D eigenvalue weighted by atomic mass is 16.5. The van der Waals surface area contributed by atoms with Gasteiger partial charge in [0.1, 0.15) is 0 Å². The Bertz CT molecular complexity index is 298. The van der Waals surface area contributed by atoms with Gasteiger partial charge < -0.3 is 15.4 Å². The zero-order valence-corrected chi connectivity index (χ0v) is 11.1. The average molecular weight is 240 g/mol. The molecular formula is C13H24N2O2. The van der Waals surface area contributed by atoms with Crippen LogP contribution in [0.1, 0.15) is 40.0 Å². The van der Waals surface area contributed by atoms with Gasteiger partial charge in [0.05, 0.1) is 24.8 Å². The second-order valence-electron chi connectivity index (χ2n) is 6.28. The minimum atomic E-state index is -0.415. The Morgan fingerprint density at radius 3 is 2.76 bits per heavy atom. The second kappa shape index (κ2) is 4.58. The zero-order valence-electron chi connectivity index (χ0n) is 11.1. The lowest BCUT2D eigenvalue weighted by atomic mass is 9.86. The molecule has 98 valence electrons. The number of ether oxygens (including phenoxy) is 1. The number of hydrogen-bond acceptors (Lipinski definition) is 3. The van der Waals surface area contributed by atoms with Gasteiger partial charge in [-0.15, -0.1) is 0 Å². The van der Waals surface area contributed by atoms with E-state index in [1.807, 2.05) is 25.7 Å². The van der Waals surface area contributed by atoms with E-state index in [0.29, 0.717) is 13.2 Å². The zero-order chi connectivity index (χ0) is 12.6. The Labute approximate surface area is 103 Å². The summed E-state index contributed by atoms with van der Waals surface area (Å²) in [4.78, 5) is 14.4. The summed E-state index contributed by atoms with van der Waals surface area (Å²) in [7, 11) is 0. The predicted molar refractivity (Wildman–Crippen MR) is 66.5 cm³/mol. The van der Waals surface area contributed by atoms with Crippen LogP contribution in [0.2, 0.25) is 0 Å². The normalized spacial score (nSPS) is 31.2. The summed E-state index contributed by atoms with van der Waals surface area (Å²) in [5.41, 5.74) is 5.90. The third-order valence-electron chi connectivity index (χ3n) is 3.96. The minimum Gasteiger partial charge on any atom is -0.374 e. The quantitative estimate of drug-likeness (QED) is 0.748. The van der Waals surface area contributed by atoms with Gasteiger partial charge in [0.15, 0.2) is 0 Å². The Kier molecular flexibility index (Phi) is 3.46. The standard InChI is InChI=1S/C13H24N2O2/c1-13(2,3)11(14)12(16)15-7-8-17-10-6-4-5-9(10)15/h9-11H,4-8,14H2,1-3H3/t9?,10?,11-/m0/s1. The molecule has 0 aromatic carbocycles. The Balaban J connectivity index is 2.08. The van der Waals surface area contributed by atoms with Crippen LogP contribution in [-0.4, -0.2) is 42.1 Å². The maximum atomic E-state index is 12.4. The van der Waals surface area contributed by atoms with E-state index in [-0.39, 0.29) is 23.5 Å². The molecule has 1 amide bonds. The topological polar surface area (TPSA) is 55.6 Å². The van der Waals surface area contributed by atoms with Crippen molar-refractivity contribution in [2.24, 2.45) is 11.1 Å². The molecule has 2 rings (SSSR count). The van der Waals surface area contributed by atoms with E-state index < -0.39 is 6.04 Å². The fraction of sp³-hybridized carbons (Fsp3) is 0.923. The van der Waals surface area contributed by atoms with Crippen molar-refractivity contribution in [1.82, 2.24) is 4.90 Å². The first-order chi connectivity index (χ1) is 7.91. The number of fused-ring (bicyclic) bond motifs is 1. The molecule has 1 aliphatic carbocycles. The predicted octanol–water partition coefficient (Wildman–Crippen LogP) is 1.14. The maximum Gasteiger partial charge on any atom is 0.240 e. The van der Waals surface area contributed by atoms with E-state index >= 15 is 0 Å². The van der Waals surface area contributed by atoms with Gasteiger partial charge in [0.2, 0.25) is 5.91 Å². The van der Waals surface area contributed by atoms with Crippen molar-refractivity contribution in [1.29, 1.82) is 0 Å². The molecule has 0 bridgehead atoms. The van der Waals surface area contributed by atoms with Crippen LogP contribution in [0, 0.1) is 5.41 Å². The molecule has 1 saturated heterocycles. The van der Waals surface area contributed by atoms with Crippen LogP contribution >= 0.6 is 0 Å². The molecule has 2 aliphatic rings. The lowest BCUT2D eigenvalue weighted by molar-refractivity contribution is -0.147. The highest BCUT2D eigenvalue weighted by Crippen LogP contribution is 2.31. The molecule has 0 radical (unpaired) electrons. The summed E-state index contributed by atoms with van der Waals surface area (Å²) in [6.07, 6.45) is 3.55. The smallest absolute Gasteiger partial charge is 0.240 e. The number of amides is 1. The van der Waals surface area contributed by atoms with Gasteiger partial charge >= 0.3 is 0 Å². The summed E-state index contributed by atoms with van der Waals surface area (Å²) in [6.45, 7) is 7.40. The van der Waals surface area contributed by atoms with E-state index in [1.165, 1.54) is 0 Å². The van der Waals surface area contributed by atoms with E-state index in [2.05, 4.69) is 0 Å². The van der Waals surface area contributed by atoms with E-state index in [4.69, 9.17) is 10.5 Å². The van der Waals surface area contributed by atoms with Crippen LogP contribution in [0.3, 0.4) is 0 Å². The molecule has 0 aromatic rings. The number of morpholine rings is 1. The summed E-state index contributed by atoms with van der Waals surface area (Å²) in [5.74, 6) is 0.0951. The van der Waals surface area contributed by atoms with Gasteiger partial charge in [0.25, 0.3) is 0 Å². The molecule has 4 nitrogen and oxygen atoms in total. The molecule has 2 unspecified atom stereocenters. The minimum absolute atomic E-state index is 0.0951. The number of nitrogens with two attached hydrogens (primary N) is 1. The van der Waals surface area contributed by atoms with Crippen molar-refractivity contribution in [3.05, 3.63) is 0 Å². The SMILES string of the molecule is CC(C)(C)[C@@H](N)C(=O)N1CCOC2CCCC21. The lowest BCUT2D eigenvalue weighted by Crippen LogP contribution is -2.58. The summed E-state index contributed by atoms with van der Waals surface area (Å²) in [5, 5.41) is 0. The number of carbonyl (C=O) groups excluding carboxylic acids is 1. The van der Waals surface area contributed by atoms with E-state index in [0.717, 1.165) is 19.3 Å². The van der Waals surface area contributed by atoms with Crippen LogP contribution in [0.25, 0.3) is 0 Å². The fourth-order valence-corrected chi connectivity index (χ4v) is 2.75. The van der Waals surface area contributed by atoms with E-state index in [1.54, 1.807) is 0 Å². The molecule has 3 atom stereocenters. The Hall–Kier alpha value is -0.610. The number of carbonyl (C=O) groups is 1. The fourth-order valence-electron chi connectivity index (χ4n) is 2.75. The first-order valence-corrected chi connectivity index (χ1v) is 6.59. The molecular weight excluding hydrogens is 216 g/mol. The van der Waals surface area contributed by atoms with Gasteiger partial charge in [-0.25, -0.2) is 0 Å². The number of rotatable bonds is 1. The molecule has 1 aliphatic heterocycles. The summed E-state index contributed by atoms with van der Waals surface area (Å²) in [6, 6.07) is -0.147. The van der Waals surface area contributed by atoms with Crippen LogP contribution in [0.5, 0.6) is 0 Å². The lowest BCUT2D eigenvalue weighted by Gasteiger charge is -2.41. The molecule has 1 heterocycles. The molecule has 2 N–H and O–H groups in total. The Morgan fingerprint density at radius 1 is 1.41 bits per heavy atom. The van der Waals surface area contributed by atoms with Gasteiger partial charge in [-0.05, 0) is 24.7 Å². The van der Waals surface area contributed by atoms with Crippen molar-refractivity contribution < 1.29 is 9.53 Å². The van der Waals surface area contributed by atoms with Crippen molar-refractivity contribution in [3.8, 4) is 0 Å². The van der Waals surface area contributed by atoms with Crippen LogP contribution in [0.4, 0.5) is 0 Å². The van der Waals surface area contributed by atoms with Crippen LogP contribution in [-0.2, 0) is 9.53 Å². The highest BCUT2D eigenvalue weighted by Gasteiger charge is 2.41. The number of nitrogens with zero attached hydrogens (tertiary/aromatic N) is 1. The molecule has 4 heteroatoms. The van der Waals surface area contributed by atoms with Crippen molar-refractivity contribution >= 4 is 5.91 Å². The highest BCUT2D eigenvalue weighted by molar-refractivity contribution is 5.83. The number of hydrogen-bond donors (Lipinski definition) is 1. The van der Waals surface area contributed by atoms with E-state index in [9.17, 15) is 4.79 Å². The van der Waals surface area contributed by atoms with Gasteiger partial charge in [-0.1, -0.05) is 20.8 Å². The molecule has 17 heavy (non-hydrogen) atoms. The van der Waals surface area contributed by atoms with Crippen molar-refractivity contribution in [2.75, 3.05) is 13.2 Å². The van der Waals surface area contributed by atoms with Gasteiger partial charge in [0, 0.05) is 6.54 Å². The van der Waals surface area contributed by atoms with Gasteiger partial charge in [-0.2, -0.15) is 0 Å². The van der Waals surface area contributed by atoms with Crippen molar-refractivity contribution in [3.63, 3.8) is 0 Å². The Morgan fingerprint density at radius 2 is 2.12 bits per heavy atom. The third-order valence-corrected chi connectivity index (χ3v) is 3.96. The first-order valence-electron chi connectivity index (χ1n) is 6.59. The summed E-state index contributed by atoms with van der Waals surface area (Å²) >= 11 is 0. The molecule has 2 fully saturated rings. The first kappa shape index (κ1) is 12.8. The van der Waals surface area contributed by atoms with Crippen LogP contribution < -0.4 is 5.73 Å². The molecule has 1 saturated carbocycles. The largest absolute Gasteiger partial charge is 0.374 e. The third kappa shape index (κ3) is 2.47. The summed E-state index contributed by atoms with van der Waals surface area (Å²) < 4.78 is 5.71. The molecule has 0 aromatic heterocycles. The van der Waals surface area contributed by atoms with Gasteiger partial charge in [-0.3, -0.25) is 4.79 Å². The average Bonchev–Trinajstić information content (AvgIpc) is 2.73. The maximum absolute atomic E-state index is 12.4. The molecule has 0 spiro atoms. The van der Waals surface area contributed by atoms with Crippen LogP contribution in [0.15, 0.2) is 0 Å². The second-order valence-corrected chi connectivity index (χ2v) is 6.28. The monoisotopic (exact) mass is 240 g/mol. The van der Waals surface area contributed by atoms with Crippen molar-refractivity contribution in [2.45, 2.75) is 58.2 Å².